The second-order valence-electron chi connectivity index (χ2n) is 3.96. The SMILES string of the molecule is CCOC(=O)/C=C(\N)CCc1ccc(C)cc1. The summed E-state index contributed by atoms with van der Waals surface area (Å²) in [5.74, 6) is -0.367. The largest absolute Gasteiger partial charge is 0.463 e. The highest BCUT2D eigenvalue weighted by Crippen LogP contribution is 2.08. The Morgan fingerprint density at radius 2 is 2.00 bits per heavy atom. The van der Waals surface area contributed by atoms with Crippen molar-refractivity contribution in [3.05, 3.63) is 47.2 Å². The number of carbonyl (C=O) groups is 1. The lowest BCUT2D eigenvalue weighted by molar-refractivity contribution is -0.137. The number of hydrogen-bond donors (Lipinski definition) is 1. The molecule has 1 aromatic rings. The molecule has 0 bridgehead atoms. The summed E-state index contributed by atoms with van der Waals surface area (Å²) in [5.41, 5.74) is 8.76. The third kappa shape index (κ3) is 5.20. The van der Waals surface area contributed by atoms with Crippen molar-refractivity contribution in [2.45, 2.75) is 26.7 Å². The Morgan fingerprint density at radius 1 is 1.35 bits per heavy atom. The molecule has 0 heterocycles. The first kappa shape index (κ1) is 13.3. The lowest BCUT2D eigenvalue weighted by Crippen LogP contribution is -2.06. The highest BCUT2D eigenvalue weighted by Gasteiger charge is 2.00. The minimum absolute atomic E-state index is 0.367. The maximum absolute atomic E-state index is 11.1. The van der Waals surface area contributed by atoms with Gasteiger partial charge in [0.2, 0.25) is 0 Å². The number of carbonyl (C=O) groups excluding carboxylic acids is 1. The van der Waals surface area contributed by atoms with Gasteiger partial charge in [0.15, 0.2) is 0 Å². The summed E-state index contributed by atoms with van der Waals surface area (Å²) >= 11 is 0. The average Bonchev–Trinajstić information content (AvgIpc) is 2.28. The van der Waals surface area contributed by atoms with Crippen molar-refractivity contribution < 1.29 is 9.53 Å². The fourth-order valence-electron chi connectivity index (χ4n) is 1.45. The summed E-state index contributed by atoms with van der Waals surface area (Å²) < 4.78 is 4.78. The molecular formula is C14H19NO2. The van der Waals surface area contributed by atoms with Crippen LogP contribution in [0.2, 0.25) is 0 Å². The van der Waals surface area contributed by atoms with E-state index >= 15 is 0 Å². The summed E-state index contributed by atoms with van der Waals surface area (Å²) in [6, 6.07) is 8.29. The van der Waals surface area contributed by atoms with Gasteiger partial charge in [-0.1, -0.05) is 29.8 Å². The first-order valence-corrected chi connectivity index (χ1v) is 5.80. The Bertz CT molecular complexity index is 393. The van der Waals surface area contributed by atoms with Crippen LogP contribution in [0.25, 0.3) is 0 Å². The number of ether oxygens (including phenoxy) is 1. The number of esters is 1. The van der Waals surface area contributed by atoms with Crippen LogP contribution in [0.5, 0.6) is 0 Å². The Labute approximate surface area is 102 Å². The molecule has 0 amide bonds. The van der Waals surface area contributed by atoms with Crippen molar-refractivity contribution >= 4 is 5.97 Å². The smallest absolute Gasteiger partial charge is 0.332 e. The zero-order valence-electron chi connectivity index (χ0n) is 10.4. The van der Waals surface area contributed by atoms with Gasteiger partial charge in [-0.3, -0.25) is 0 Å². The normalized spacial score (nSPS) is 11.3. The molecule has 0 saturated carbocycles. The average molecular weight is 233 g/mol. The molecule has 0 unspecified atom stereocenters. The minimum atomic E-state index is -0.367. The number of allylic oxidation sites excluding steroid dienone is 1. The first-order valence-electron chi connectivity index (χ1n) is 5.80. The van der Waals surface area contributed by atoms with E-state index in [1.165, 1.54) is 17.2 Å². The van der Waals surface area contributed by atoms with E-state index in [2.05, 4.69) is 31.2 Å². The Morgan fingerprint density at radius 3 is 2.59 bits per heavy atom. The summed E-state index contributed by atoms with van der Waals surface area (Å²) in [6.07, 6.45) is 2.86. The lowest BCUT2D eigenvalue weighted by Gasteiger charge is -2.03. The highest BCUT2D eigenvalue weighted by molar-refractivity contribution is 5.82. The van der Waals surface area contributed by atoms with Gasteiger partial charge in [-0.15, -0.1) is 0 Å². The topological polar surface area (TPSA) is 52.3 Å². The molecule has 2 N–H and O–H groups in total. The first-order chi connectivity index (χ1) is 8.11. The lowest BCUT2D eigenvalue weighted by atomic mass is 10.1. The second kappa shape index (κ2) is 6.74. The molecular weight excluding hydrogens is 214 g/mol. The van der Waals surface area contributed by atoms with Crippen LogP contribution in [-0.2, 0) is 16.0 Å². The number of rotatable bonds is 5. The van der Waals surface area contributed by atoms with Crippen LogP contribution in [0.1, 0.15) is 24.5 Å². The number of benzene rings is 1. The second-order valence-corrected chi connectivity index (χ2v) is 3.96. The molecule has 0 saturated heterocycles. The van der Waals surface area contributed by atoms with E-state index in [-0.39, 0.29) is 5.97 Å². The van der Waals surface area contributed by atoms with Gasteiger partial charge in [-0.25, -0.2) is 4.79 Å². The molecule has 3 heteroatoms. The van der Waals surface area contributed by atoms with Crippen LogP contribution < -0.4 is 5.73 Å². The summed E-state index contributed by atoms with van der Waals surface area (Å²) in [4.78, 5) is 11.1. The molecule has 1 rings (SSSR count). The minimum Gasteiger partial charge on any atom is -0.463 e. The Kier molecular flexibility index (Phi) is 5.27. The van der Waals surface area contributed by atoms with E-state index in [0.29, 0.717) is 18.7 Å². The van der Waals surface area contributed by atoms with Crippen LogP contribution in [0.3, 0.4) is 0 Å². The van der Waals surface area contributed by atoms with E-state index in [4.69, 9.17) is 10.5 Å². The zero-order chi connectivity index (χ0) is 12.7. The van der Waals surface area contributed by atoms with Gasteiger partial charge < -0.3 is 10.5 Å². The highest BCUT2D eigenvalue weighted by atomic mass is 16.5. The van der Waals surface area contributed by atoms with Gasteiger partial charge in [0.25, 0.3) is 0 Å². The third-order valence-electron chi connectivity index (χ3n) is 2.41. The fourth-order valence-corrected chi connectivity index (χ4v) is 1.45. The van der Waals surface area contributed by atoms with Gasteiger partial charge in [0, 0.05) is 11.8 Å². The molecule has 0 aliphatic carbocycles. The Balaban J connectivity index is 2.45. The van der Waals surface area contributed by atoms with Gasteiger partial charge in [-0.2, -0.15) is 0 Å². The van der Waals surface area contributed by atoms with E-state index in [0.717, 1.165) is 6.42 Å². The third-order valence-corrected chi connectivity index (χ3v) is 2.41. The zero-order valence-corrected chi connectivity index (χ0v) is 10.4. The van der Waals surface area contributed by atoms with Crippen LogP contribution in [0.4, 0.5) is 0 Å². The quantitative estimate of drug-likeness (QED) is 0.627. The maximum atomic E-state index is 11.1. The molecule has 1 aromatic carbocycles. The molecule has 0 fully saturated rings. The van der Waals surface area contributed by atoms with Gasteiger partial charge in [-0.05, 0) is 32.3 Å². The van der Waals surface area contributed by atoms with Crippen molar-refractivity contribution in [2.24, 2.45) is 5.73 Å². The molecule has 0 aliphatic heterocycles. The number of nitrogens with two attached hydrogens (primary N) is 1. The van der Waals surface area contributed by atoms with Crippen molar-refractivity contribution in [3.8, 4) is 0 Å². The van der Waals surface area contributed by atoms with Crippen molar-refractivity contribution in [3.63, 3.8) is 0 Å². The fraction of sp³-hybridized carbons (Fsp3) is 0.357. The van der Waals surface area contributed by atoms with Gasteiger partial charge in [0.05, 0.1) is 6.61 Å². The molecule has 0 spiro atoms. The molecule has 0 atom stereocenters. The predicted molar refractivity (Wildman–Crippen MR) is 68.4 cm³/mol. The van der Waals surface area contributed by atoms with Gasteiger partial charge >= 0.3 is 5.97 Å². The van der Waals surface area contributed by atoms with Crippen molar-refractivity contribution in [1.29, 1.82) is 0 Å². The van der Waals surface area contributed by atoms with E-state index in [1.54, 1.807) is 6.92 Å². The number of aryl methyl sites for hydroxylation is 2. The molecule has 17 heavy (non-hydrogen) atoms. The van der Waals surface area contributed by atoms with Gasteiger partial charge in [0.1, 0.15) is 0 Å². The van der Waals surface area contributed by atoms with Crippen LogP contribution >= 0.6 is 0 Å². The van der Waals surface area contributed by atoms with Crippen LogP contribution in [0.15, 0.2) is 36.0 Å². The van der Waals surface area contributed by atoms with E-state index in [1.807, 2.05) is 0 Å². The van der Waals surface area contributed by atoms with Crippen molar-refractivity contribution in [2.75, 3.05) is 6.61 Å². The maximum Gasteiger partial charge on any atom is 0.332 e. The predicted octanol–water partition coefficient (Wildman–Crippen LogP) is 2.33. The number of hydrogen-bond acceptors (Lipinski definition) is 3. The summed E-state index contributed by atoms with van der Waals surface area (Å²) in [7, 11) is 0. The standard InChI is InChI=1S/C14H19NO2/c1-3-17-14(16)10-13(15)9-8-12-6-4-11(2)5-7-12/h4-7,10H,3,8-9,15H2,1-2H3/b13-10-. The monoisotopic (exact) mass is 233 g/mol. The van der Waals surface area contributed by atoms with E-state index in [9.17, 15) is 4.79 Å². The summed E-state index contributed by atoms with van der Waals surface area (Å²) in [5, 5.41) is 0. The Hall–Kier alpha value is -1.77. The molecule has 92 valence electrons. The molecule has 0 aliphatic rings. The molecule has 0 radical (unpaired) electrons. The van der Waals surface area contributed by atoms with Crippen LogP contribution in [-0.4, -0.2) is 12.6 Å². The van der Waals surface area contributed by atoms with Crippen LogP contribution in [0, 0.1) is 6.92 Å². The summed E-state index contributed by atoms with van der Waals surface area (Å²) in [6.45, 7) is 4.20. The molecule has 0 aromatic heterocycles. The van der Waals surface area contributed by atoms with Crippen molar-refractivity contribution in [1.82, 2.24) is 0 Å². The van der Waals surface area contributed by atoms with E-state index < -0.39 is 0 Å². The molecule has 3 nitrogen and oxygen atoms in total.